The number of aryl methyl sites for hydroxylation is 1. The van der Waals surface area contributed by atoms with Gasteiger partial charge in [-0.05, 0) is 31.2 Å². The summed E-state index contributed by atoms with van der Waals surface area (Å²) < 4.78 is 5.81. The minimum absolute atomic E-state index is 0.190. The fourth-order valence-corrected chi connectivity index (χ4v) is 1.82. The maximum Gasteiger partial charge on any atom is 0.232 e. The zero-order valence-electron chi connectivity index (χ0n) is 10.4. The van der Waals surface area contributed by atoms with Crippen LogP contribution in [0, 0.1) is 6.92 Å². The molecule has 19 heavy (non-hydrogen) atoms. The average molecular weight is 252 g/mol. The topological polar surface area (TPSA) is 73.9 Å². The summed E-state index contributed by atoms with van der Waals surface area (Å²) >= 11 is 0. The van der Waals surface area contributed by atoms with Crippen molar-refractivity contribution in [3.8, 4) is 11.6 Å². The van der Waals surface area contributed by atoms with Crippen LogP contribution in [0.25, 0.3) is 10.9 Å². The first-order chi connectivity index (χ1) is 9.24. The van der Waals surface area contributed by atoms with Gasteiger partial charge in [-0.2, -0.15) is 4.98 Å². The quantitative estimate of drug-likeness (QED) is 0.759. The molecule has 5 heteroatoms. The second kappa shape index (κ2) is 4.53. The smallest absolute Gasteiger partial charge is 0.232 e. The van der Waals surface area contributed by atoms with Gasteiger partial charge in [0.1, 0.15) is 0 Å². The van der Waals surface area contributed by atoms with Gasteiger partial charge in [0.15, 0.2) is 5.75 Å². The minimum atomic E-state index is 0.190. The largest absolute Gasteiger partial charge is 0.436 e. The van der Waals surface area contributed by atoms with Crippen LogP contribution in [0.3, 0.4) is 0 Å². The molecule has 2 heterocycles. The molecule has 2 N–H and O–H groups in total. The van der Waals surface area contributed by atoms with Gasteiger partial charge in [0, 0.05) is 6.20 Å². The molecule has 5 nitrogen and oxygen atoms in total. The lowest BCUT2D eigenvalue weighted by Gasteiger charge is -2.09. The van der Waals surface area contributed by atoms with Crippen LogP contribution in [0.2, 0.25) is 0 Å². The van der Waals surface area contributed by atoms with E-state index in [9.17, 15) is 0 Å². The first-order valence-corrected chi connectivity index (χ1v) is 5.86. The Balaban J connectivity index is 2.13. The van der Waals surface area contributed by atoms with Crippen LogP contribution in [0.15, 0.2) is 42.6 Å². The van der Waals surface area contributed by atoms with Crippen LogP contribution < -0.4 is 10.5 Å². The molecule has 0 saturated heterocycles. The summed E-state index contributed by atoms with van der Waals surface area (Å²) in [6.45, 7) is 1.88. The molecule has 0 aliphatic rings. The molecule has 0 amide bonds. The lowest BCUT2D eigenvalue weighted by molar-refractivity contribution is 0.463. The lowest BCUT2D eigenvalue weighted by Crippen LogP contribution is -1.99. The minimum Gasteiger partial charge on any atom is -0.436 e. The van der Waals surface area contributed by atoms with Crippen molar-refractivity contribution in [1.82, 2.24) is 15.0 Å². The van der Waals surface area contributed by atoms with E-state index in [-0.39, 0.29) is 5.95 Å². The number of hydrogen-bond donors (Lipinski definition) is 1. The van der Waals surface area contributed by atoms with Gasteiger partial charge in [0.25, 0.3) is 0 Å². The van der Waals surface area contributed by atoms with Crippen LogP contribution in [0.5, 0.6) is 11.6 Å². The number of nitrogens with zero attached hydrogens (tertiary/aromatic N) is 3. The monoisotopic (exact) mass is 252 g/mol. The number of hydrogen-bond acceptors (Lipinski definition) is 5. The fraction of sp³-hybridized carbons (Fsp3) is 0.0714. The Morgan fingerprint density at radius 2 is 1.89 bits per heavy atom. The van der Waals surface area contributed by atoms with Crippen LogP contribution >= 0.6 is 0 Å². The number of pyridine rings is 1. The maximum atomic E-state index is 5.81. The molecule has 0 bridgehead atoms. The predicted octanol–water partition coefficient (Wildman–Crippen LogP) is 2.71. The highest BCUT2D eigenvalue weighted by Gasteiger charge is 2.09. The van der Waals surface area contributed by atoms with E-state index in [0.717, 1.165) is 16.6 Å². The van der Waals surface area contributed by atoms with Gasteiger partial charge >= 0.3 is 0 Å². The second-order valence-corrected chi connectivity index (χ2v) is 4.09. The molecule has 0 spiro atoms. The van der Waals surface area contributed by atoms with E-state index in [0.29, 0.717) is 11.6 Å². The molecular weight excluding hydrogens is 240 g/mol. The van der Waals surface area contributed by atoms with E-state index in [4.69, 9.17) is 10.5 Å². The number of anilines is 1. The Kier molecular flexibility index (Phi) is 2.72. The van der Waals surface area contributed by atoms with Gasteiger partial charge in [0.2, 0.25) is 11.8 Å². The number of ether oxygens (including phenoxy) is 1. The molecule has 0 saturated carbocycles. The van der Waals surface area contributed by atoms with Crippen LogP contribution in [0.4, 0.5) is 5.95 Å². The highest BCUT2D eigenvalue weighted by molar-refractivity contribution is 5.84. The maximum absolute atomic E-state index is 5.81. The molecule has 0 fully saturated rings. The lowest BCUT2D eigenvalue weighted by atomic mass is 10.2. The number of nitrogens with two attached hydrogens (primary N) is 1. The number of aromatic nitrogens is 3. The molecule has 1 aromatic carbocycles. The molecule has 94 valence electrons. The van der Waals surface area contributed by atoms with Gasteiger partial charge in [-0.25, -0.2) is 4.98 Å². The summed E-state index contributed by atoms with van der Waals surface area (Å²) in [5.41, 5.74) is 7.25. The summed E-state index contributed by atoms with van der Waals surface area (Å²) in [4.78, 5) is 12.5. The number of fused-ring (bicyclic) bond motifs is 1. The molecular formula is C14H12N4O. The van der Waals surface area contributed by atoms with Crippen molar-refractivity contribution in [3.63, 3.8) is 0 Å². The first-order valence-electron chi connectivity index (χ1n) is 5.86. The van der Waals surface area contributed by atoms with E-state index >= 15 is 0 Å². The molecule has 0 atom stereocenters. The van der Waals surface area contributed by atoms with Crippen molar-refractivity contribution in [2.24, 2.45) is 0 Å². The van der Waals surface area contributed by atoms with Crippen molar-refractivity contribution in [2.75, 3.05) is 5.73 Å². The molecule has 0 aliphatic heterocycles. The molecule has 0 unspecified atom stereocenters. The first kappa shape index (κ1) is 11.4. The molecule has 0 radical (unpaired) electrons. The number of nitrogen functional groups attached to an aromatic ring is 1. The highest BCUT2D eigenvalue weighted by atomic mass is 16.5. The Labute approximate surface area is 110 Å². The van der Waals surface area contributed by atoms with Gasteiger partial charge in [-0.3, -0.25) is 4.98 Å². The molecule has 2 aromatic heterocycles. The fourth-order valence-electron chi connectivity index (χ4n) is 1.82. The van der Waals surface area contributed by atoms with Crippen molar-refractivity contribution in [2.45, 2.75) is 6.92 Å². The van der Waals surface area contributed by atoms with E-state index in [1.54, 1.807) is 6.20 Å². The van der Waals surface area contributed by atoms with Crippen molar-refractivity contribution in [1.29, 1.82) is 0 Å². The van der Waals surface area contributed by atoms with Gasteiger partial charge in [-0.1, -0.05) is 12.1 Å². The van der Waals surface area contributed by atoms with E-state index in [1.807, 2.05) is 43.3 Å². The Morgan fingerprint density at radius 1 is 1.05 bits per heavy atom. The number of rotatable bonds is 2. The summed E-state index contributed by atoms with van der Waals surface area (Å²) in [5.74, 6) is 1.29. The summed E-state index contributed by atoms with van der Waals surface area (Å²) in [7, 11) is 0. The van der Waals surface area contributed by atoms with Crippen LogP contribution in [0.1, 0.15) is 5.69 Å². The SMILES string of the molecule is Cc1ncccc1Oc1nc(N)nc2ccccc12. The summed E-state index contributed by atoms with van der Waals surface area (Å²) in [6.07, 6.45) is 1.72. The van der Waals surface area contributed by atoms with Crippen LogP contribution in [-0.2, 0) is 0 Å². The van der Waals surface area contributed by atoms with Gasteiger partial charge in [-0.15, -0.1) is 0 Å². The molecule has 3 rings (SSSR count). The number of benzene rings is 1. The van der Waals surface area contributed by atoms with E-state index in [2.05, 4.69) is 15.0 Å². The zero-order chi connectivity index (χ0) is 13.2. The number of para-hydroxylation sites is 1. The third kappa shape index (κ3) is 2.18. The van der Waals surface area contributed by atoms with Gasteiger partial charge < -0.3 is 10.5 Å². The Bertz CT molecular complexity index is 742. The zero-order valence-corrected chi connectivity index (χ0v) is 10.4. The second-order valence-electron chi connectivity index (χ2n) is 4.09. The van der Waals surface area contributed by atoms with Crippen LogP contribution in [-0.4, -0.2) is 15.0 Å². The Morgan fingerprint density at radius 3 is 2.74 bits per heavy atom. The summed E-state index contributed by atoms with van der Waals surface area (Å²) in [6, 6.07) is 11.2. The van der Waals surface area contributed by atoms with E-state index < -0.39 is 0 Å². The van der Waals surface area contributed by atoms with Gasteiger partial charge in [0.05, 0.1) is 16.6 Å². The van der Waals surface area contributed by atoms with E-state index in [1.165, 1.54) is 0 Å². The highest BCUT2D eigenvalue weighted by Crippen LogP contribution is 2.28. The molecule has 0 aliphatic carbocycles. The predicted molar refractivity (Wildman–Crippen MR) is 73.0 cm³/mol. The van der Waals surface area contributed by atoms with Crippen molar-refractivity contribution < 1.29 is 4.74 Å². The molecule has 3 aromatic rings. The standard InChI is InChI=1S/C14H12N4O/c1-9-12(7-4-8-16-9)19-13-10-5-2-3-6-11(10)17-14(15)18-13/h2-8H,1H3,(H2,15,17,18). The third-order valence-corrected chi connectivity index (χ3v) is 2.75. The van der Waals surface area contributed by atoms with Crippen molar-refractivity contribution >= 4 is 16.9 Å². The Hall–Kier alpha value is -2.69. The third-order valence-electron chi connectivity index (χ3n) is 2.75. The normalized spacial score (nSPS) is 10.6. The van der Waals surface area contributed by atoms with Crippen molar-refractivity contribution in [3.05, 3.63) is 48.3 Å². The average Bonchev–Trinajstić information content (AvgIpc) is 2.41. The summed E-state index contributed by atoms with van der Waals surface area (Å²) in [5, 5.41) is 0.819.